The molecule has 1 aromatic carbocycles. The molecule has 0 aliphatic heterocycles. The third-order valence-electron chi connectivity index (χ3n) is 2.83. The minimum absolute atomic E-state index is 0.414. The Kier molecular flexibility index (Phi) is 2.75. The number of hydrogen-bond donors (Lipinski definition) is 3. The SMILES string of the molecule is CCNc1nc(-c2ccccc2)c2c(N)n[nH]c2n1. The van der Waals surface area contributed by atoms with Crippen LogP contribution >= 0.6 is 0 Å². The summed E-state index contributed by atoms with van der Waals surface area (Å²) in [6, 6.07) is 9.87. The van der Waals surface area contributed by atoms with Crippen LogP contribution in [0.25, 0.3) is 22.3 Å². The topological polar surface area (TPSA) is 92.5 Å². The maximum Gasteiger partial charge on any atom is 0.225 e. The number of nitrogens with one attached hydrogen (secondary N) is 2. The van der Waals surface area contributed by atoms with E-state index in [1.165, 1.54) is 0 Å². The van der Waals surface area contributed by atoms with Gasteiger partial charge in [0.15, 0.2) is 11.5 Å². The number of nitrogens with two attached hydrogens (primary N) is 1. The highest BCUT2D eigenvalue weighted by molar-refractivity contribution is 5.98. The zero-order chi connectivity index (χ0) is 13.2. The zero-order valence-corrected chi connectivity index (χ0v) is 10.5. The van der Waals surface area contributed by atoms with Crippen molar-refractivity contribution in [2.24, 2.45) is 0 Å². The maximum absolute atomic E-state index is 5.90. The Morgan fingerprint density at radius 2 is 2.00 bits per heavy atom. The smallest absolute Gasteiger partial charge is 0.225 e. The van der Waals surface area contributed by atoms with Crippen LogP contribution in [0.15, 0.2) is 30.3 Å². The average Bonchev–Trinajstić information content (AvgIpc) is 2.81. The van der Waals surface area contributed by atoms with Crippen molar-refractivity contribution in [3.63, 3.8) is 0 Å². The summed E-state index contributed by atoms with van der Waals surface area (Å²) in [5.41, 5.74) is 8.31. The second kappa shape index (κ2) is 4.56. The minimum atomic E-state index is 0.414. The number of nitrogens with zero attached hydrogens (tertiary/aromatic N) is 3. The van der Waals surface area contributed by atoms with Crippen molar-refractivity contribution in [3.05, 3.63) is 30.3 Å². The maximum atomic E-state index is 5.90. The van der Waals surface area contributed by atoms with E-state index in [1.807, 2.05) is 37.3 Å². The van der Waals surface area contributed by atoms with Gasteiger partial charge in [-0.2, -0.15) is 10.1 Å². The molecule has 19 heavy (non-hydrogen) atoms. The normalized spacial score (nSPS) is 10.8. The molecule has 4 N–H and O–H groups in total. The summed E-state index contributed by atoms with van der Waals surface area (Å²) in [7, 11) is 0. The van der Waals surface area contributed by atoms with E-state index in [4.69, 9.17) is 5.73 Å². The van der Waals surface area contributed by atoms with Crippen LogP contribution in [0.4, 0.5) is 11.8 Å². The molecule has 0 saturated carbocycles. The van der Waals surface area contributed by atoms with Gasteiger partial charge in [-0.15, -0.1) is 0 Å². The fourth-order valence-electron chi connectivity index (χ4n) is 2.00. The van der Waals surface area contributed by atoms with Gasteiger partial charge in [-0.25, -0.2) is 4.98 Å². The van der Waals surface area contributed by atoms with Crippen LogP contribution in [0.1, 0.15) is 6.92 Å². The molecule has 2 heterocycles. The molecule has 3 aromatic rings. The highest BCUT2D eigenvalue weighted by atomic mass is 15.2. The molecule has 2 aromatic heterocycles. The Hall–Kier alpha value is -2.63. The first-order chi connectivity index (χ1) is 9.29. The number of aromatic nitrogens is 4. The molecule has 0 amide bonds. The molecule has 6 heteroatoms. The predicted octanol–water partition coefficient (Wildman–Crippen LogP) is 2.03. The summed E-state index contributed by atoms with van der Waals surface area (Å²) in [6.07, 6.45) is 0. The monoisotopic (exact) mass is 254 g/mol. The van der Waals surface area contributed by atoms with E-state index in [0.717, 1.165) is 23.2 Å². The van der Waals surface area contributed by atoms with Crippen LogP contribution in [0.2, 0.25) is 0 Å². The van der Waals surface area contributed by atoms with Gasteiger partial charge in [-0.05, 0) is 6.92 Å². The first kappa shape index (κ1) is 11.5. The van der Waals surface area contributed by atoms with Crippen molar-refractivity contribution in [1.29, 1.82) is 0 Å². The highest BCUT2D eigenvalue weighted by Gasteiger charge is 2.14. The number of hydrogen-bond acceptors (Lipinski definition) is 5. The zero-order valence-electron chi connectivity index (χ0n) is 10.5. The van der Waals surface area contributed by atoms with E-state index in [-0.39, 0.29) is 0 Å². The molecular formula is C13H14N6. The van der Waals surface area contributed by atoms with Gasteiger partial charge in [-0.1, -0.05) is 30.3 Å². The molecule has 0 spiro atoms. The molecule has 0 radical (unpaired) electrons. The molecule has 3 rings (SSSR count). The lowest BCUT2D eigenvalue weighted by Gasteiger charge is -2.06. The summed E-state index contributed by atoms with van der Waals surface area (Å²) in [5, 5.41) is 10.7. The number of aromatic amines is 1. The van der Waals surface area contributed by atoms with E-state index < -0.39 is 0 Å². The standard InChI is InChI=1S/C13H14N6/c1-2-15-13-16-10(8-6-4-3-5-7-8)9-11(14)18-19-12(9)17-13/h3-7H,2H2,1H3,(H4,14,15,16,17,18,19). The van der Waals surface area contributed by atoms with Gasteiger partial charge >= 0.3 is 0 Å². The molecular weight excluding hydrogens is 240 g/mol. The summed E-state index contributed by atoms with van der Waals surface area (Å²) >= 11 is 0. The lowest BCUT2D eigenvalue weighted by molar-refractivity contribution is 1.07. The Morgan fingerprint density at radius 3 is 2.74 bits per heavy atom. The highest BCUT2D eigenvalue weighted by Crippen LogP contribution is 2.29. The molecule has 0 aliphatic carbocycles. The Labute approximate surface area is 110 Å². The number of anilines is 2. The van der Waals surface area contributed by atoms with Crippen molar-refractivity contribution >= 4 is 22.8 Å². The number of fused-ring (bicyclic) bond motifs is 1. The summed E-state index contributed by atoms with van der Waals surface area (Å²) < 4.78 is 0. The summed E-state index contributed by atoms with van der Waals surface area (Å²) in [5.74, 6) is 0.981. The van der Waals surface area contributed by atoms with Crippen LogP contribution in [0, 0.1) is 0 Å². The van der Waals surface area contributed by atoms with E-state index in [2.05, 4.69) is 25.5 Å². The fraction of sp³-hybridized carbons (Fsp3) is 0.154. The molecule has 0 bridgehead atoms. The second-order valence-electron chi connectivity index (χ2n) is 4.12. The van der Waals surface area contributed by atoms with E-state index >= 15 is 0 Å². The van der Waals surface area contributed by atoms with Crippen molar-refractivity contribution in [1.82, 2.24) is 20.2 Å². The van der Waals surface area contributed by atoms with Crippen LogP contribution in [-0.2, 0) is 0 Å². The number of nitrogen functional groups attached to an aromatic ring is 1. The molecule has 96 valence electrons. The lowest BCUT2D eigenvalue weighted by atomic mass is 10.1. The third-order valence-corrected chi connectivity index (χ3v) is 2.83. The summed E-state index contributed by atoms with van der Waals surface area (Å²) in [6.45, 7) is 2.75. The third kappa shape index (κ3) is 1.97. The fourth-order valence-corrected chi connectivity index (χ4v) is 2.00. The van der Waals surface area contributed by atoms with Gasteiger partial charge in [0.1, 0.15) is 0 Å². The first-order valence-electron chi connectivity index (χ1n) is 6.10. The number of H-pyrrole nitrogens is 1. The van der Waals surface area contributed by atoms with E-state index in [1.54, 1.807) is 0 Å². The number of benzene rings is 1. The van der Waals surface area contributed by atoms with Gasteiger partial charge in [0, 0.05) is 12.1 Å². The van der Waals surface area contributed by atoms with Crippen LogP contribution in [0.3, 0.4) is 0 Å². The lowest BCUT2D eigenvalue weighted by Crippen LogP contribution is -2.03. The number of rotatable bonds is 3. The first-order valence-corrected chi connectivity index (χ1v) is 6.10. The minimum Gasteiger partial charge on any atom is -0.382 e. The molecule has 0 unspecified atom stereocenters. The molecule has 0 aliphatic rings. The van der Waals surface area contributed by atoms with Gasteiger partial charge in [-0.3, -0.25) is 5.10 Å². The van der Waals surface area contributed by atoms with E-state index in [0.29, 0.717) is 17.4 Å². The Balaban J connectivity index is 2.28. The average molecular weight is 254 g/mol. The van der Waals surface area contributed by atoms with Crippen LogP contribution < -0.4 is 11.1 Å². The van der Waals surface area contributed by atoms with Gasteiger partial charge < -0.3 is 11.1 Å². The van der Waals surface area contributed by atoms with Crippen molar-refractivity contribution in [2.75, 3.05) is 17.6 Å². The molecule has 0 fully saturated rings. The Bertz CT molecular complexity index is 704. The molecule has 0 saturated heterocycles. The van der Waals surface area contributed by atoms with Crippen molar-refractivity contribution in [3.8, 4) is 11.3 Å². The van der Waals surface area contributed by atoms with E-state index in [9.17, 15) is 0 Å². The van der Waals surface area contributed by atoms with Crippen LogP contribution in [0.5, 0.6) is 0 Å². The predicted molar refractivity (Wildman–Crippen MR) is 75.7 cm³/mol. The summed E-state index contributed by atoms with van der Waals surface area (Å²) in [4.78, 5) is 8.88. The largest absolute Gasteiger partial charge is 0.382 e. The van der Waals surface area contributed by atoms with Gasteiger partial charge in [0.05, 0.1) is 11.1 Å². The van der Waals surface area contributed by atoms with Crippen LogP contribution in [-0.4, -0.2) is 26.7 Å². The quantitative estimate of drug-likeness (QED) is 0.665. The molecule has 0 atom stereocenters. The van der Waals surface area contributed by atoms with Crippen molar-refractivity contribution < 1.29 is 0 Å². The second-order valence-corrected chi connectivity index (χ2v) is 4.12. The van der Waals surface area contributed by atoms with Gasteiger partial charge in [0.2, 0.25) is 5.95 Å². The molecule has 6 nitrogen and oxygen atoms in total. The Morgan fingerprint density at radius 1 is 1.21 bits per heavy atom. The van der Waals surface area contributed by atoms with Crippen molar-refractivity contribution in [2.45, 2.75) is 6.92 Å². The van der Waals surface area contributed by atoms with Gasteiger partial charge in [0.25, 0.3) is 0 Å².